The summed E-state index contributed by atoms with van der Waals surface area (Å²) < 4.78 is 27.4. The molecule has 1 rings (SSSR count). The molecule has 0 aromatic heterocycles. The Morgan fingerprint density at radius 1 is 1.31 bits per heavy atom. The van der Waals surface area contributed by atoms with Crippen LogP contribution in [0.25, 0.3) is 0 Å². The van der Waals surface area contributed by atoms with Crippen molar-refractivity contribution >= 4 is 0 Å². The summed E-state index contributed by atoms with van der Waals surface area (Å²) in [6.07, 6.45) is 0.265. The summed E-state index contributed by atoms with van der Waals surface area (Å²) in [6, 6.07) is 9.67. The standard InChI is InChI=1S/C12H14F2N2/c1-16(9-5-8-15)10-12(13,14)11-6-3-2-4-7-11/h2-4,6-7H,5,9-10H2,1H3. The Morgan fingerprint density at radius 2 is 1.94 bits per heavy atom. The predicted molar refractivity (Wildman–Crippen MR) is 58.1 cm³/mol. The van der Waals surface area contributed by atoms with Crippen LogP contribution in [0.2, 0.25) is 0 Å². The summed E-state index contributed by atoms with van der Waals surface area (Å²) in [5.74, 6) is -2.87. The van der Waals surface area contributed by atoms with E-state index in [1.807, 2.05) is 6.07 Å². The molecule has 86 valence electrons. The van der Waals surface area contributed by atoms with Crippen molar-refractivity contribution in [3.8, 4) is 6.07 Å². The topological polar surface area (TPSA) is 27.0 Å². The Balaban J connectivity index is 2.62. The molecule has 0 aliphatic carbocycles. The molecule has 4 heteroatoms. The fourth-order valence-electron chi connectivity index (χ4n) is 1.43. The van der Waals surface area contributed by atoms with Gasteiger partial charge in [-0.15, -0.1) is 0 Å². The molecule has 0 unspecified atom stereocenters. The molecule has 0 bridgehead atoms. The highest BCUT2D eigenvalue weighted by molar-refractivity contribution is 5.20. The van der Waals surface area contributed by atoms with Crippen molar-refractivity contribution in [1.82, 2.24) is 4.90 Å². The van der Waals surface area contributed by atoms with E-state index < -0.39 is 5.92 Å². The van der Waals surface area contributed by atoms with Gasteiger partial charge in [-0.1, -0.05) is 30.3 Å². The molecular weight excluding hydrogens is 210 g/mol. The first-order chi connectivity index (χ1) is 7.56. The smallest absolute Gasteiger partial charge is 0.285 e. The van der Waals surface area contributed by atoms with E-state index in [9.17, 15) is 8.78 Å². The number of likely N-dealkylation sites (N-methyl/N-ethyl adjacent to an activating group) is 1. The normalized spacial score (nSPS) is 11.4. The number of alkyl halides is 2. The van der Waals surface area contributed by atoms with Crippen LogP contribution in [0.4, 0.5) is 8.78 Å². The van der Waals surface area contributed by atoms with Crippen molar-refractivity contribution in [3.63, 3.8) is 0 Å². The average molecular weight is 224 g/mol. The van der Waals surface area contributed by atoms with Crippen molar-refractivity contribution in [2.75, 3.05) is 20.1 Å². The molecule has 2 nitrogen and oxygen atoms in total. The summed E-state index contributed by atoms with van der Waals surface area (Å²) in [5, 5.41) is 8.37. The summed E-state index contributed by atoms with van der Waals surface area (Å²) in [5.41, 5.74) is 0.0128. The second-order valence-corrected chi connectivity index (χ2v) is 3.72. The lowest BCUT2D eigenvalue weighted by Crippen LogP contribution is -2.33. The van der Waals surface area contributed by atoms with Gasteiger partial charge in [0.15, 0.2) is 0 Å². The number of halogens is 2. The minimum atomic E-state index is -2.87. The van der Waals surface area contributed by atoms with Crippen LogP contribution in [0.1, 0.15) is 12.0 Å². The highest BCUT2D eigenvalue weighted by atomic mass is 19.3. The Labute approximate surface area is 94.1 Å². The molecular formula is C12H14F2N2. The van der Waals surface area contributed by atoms with Gasteiger partial charge in [-0.05, 0) is 7.05 Å². The summed E-state index contributed by atoms with van der Waals surface area (Å²) in [4.78, 5) is 1.47. The molecule has 0 atom stereocenters. The number of nitriles is 1. The number of hydrogen-bond acceptors (Lipinski definition) is 2. The number of rotatable bonds is 5. The van der Waals surface area contributed by atoms with Crippen molar-refractivity contribution in [1.29, 1.82) is 5.26 Å². The third-order valence-electron chi connectivity index (χ3n) is 2.27. The van der Waals surface area contributed by atoms with Gasteiger partial charge in [0, 0.05) is 18.5 Å². The van der Waals surface area contributed by atoms with Crippen LogP contribution in [-0.2, 0) is 5.92 Å². The van der Waals surface area contributed by atoms with E-state index in [1.165, 1.54) is 17.0 Å². The van der Waals surface area contributed by atoms with Crippen molar-refractivity contribution in [3.05, 3.63) is 35.9 Å². The molecule has 0 spiro atoms. The van der Waals surface area contributed by atoms with E-state index in [0.29, 0.717) is 6.54 Å². The zero-order valence-corrected chi connectivity index (χ0v) is 9.16. The van der Waals surface area contributed by atoms with Gasteiger partial charge in [-0.25, -0.2) is 0 Å². The fourth-order valence-corrected chi connectivity index (χ4v) is 1.43. The Kier molecular flexibility index (Phi) is 4.39. The molecule has 1 aromatic rings. The quantitative estimate of drug-likeness (QED) is 0.768. The van der Waals surface area contributed by atoms with Crippen LogP contribution in [-0.4, -0.2) is 25.0 Å². The summed E-state index contributed by atoms with van der Waals surface area (Å²) in [7, 11) is 1.59. The maximum atomic E-state index is 13.7. The minimum Gasteiger partial charge on any atom is -0.299 e. The van der Waals surface area contributed by atoms with Crippen LogP contribution < -0.4 is 0 Å². The van der Waals surface area contributed by atoms with Crippen LogP contribution >= 0.6 is 0 Å². The summed E-state index contributed by atoms with van der Waals surface area (Å²) >= 11 is 0. The molecule has 0 aliphatic heterocycles. The molecule has 0 radical (unpaired) electrons. The first-order valence-corrected chi connectivity index (χ1v) is 5.05. The lowest BCUT2D eigenvalue weighted by molar-refractivity contribution is -0.0317. The first-order valence-electron chi connectivity index (χ1n) is 5.05. The zero-order valence-electron chi connectivity index (χ0n) is 9.16. The Hall–Kier alpha value is -1.47. The van der Waals surface area contributed by atoms with Gasteiger partial charge < -0.3 is 0 Å². The van der Waals surface area contributed by atoms with Crippen LogP contribution in [0.5, 0.6) is 0 Å². The van der Waals surface area contributed by atoms with Gasteiger partial charge in [-0.2, -0.15) is 14.0 Å². The monoisotopic (exact) mass is 224 g/mol. The minimum absolute atomic E-state index is 0.0128. The van der Waals surface area contributed by atoms with Gasteiger partial charge in [0.05, 0.1) is 12.6 Å². The van der Waals surface area contributed by atoms with Gasteiger partial charge >= 0.3 is 0 Å². The molecule has 0 N–H and O–H groups in total. The Morgan fingerprint density at radius 3 is 2.50 bits per heavy atom. The van der Waals surface area contributed by atoms with E-state index >= 15 is 0 Å². The van der Waals surface area contributed by atoms with Crippen molar-refractivity contribution in [2.45, 2.75) is 12.3 Å². The number of hydrogen-bond donors (Lipinski definition) is 0. The Bertz CT molecular complexity index is 357. The molecule has 0 fully saturated rings. The number of benzene rings is 1. The predicted octanol–water partition coefficient (Wildman–Crippen LogP) is 2.62. The second kappa shape index (κ2) is 5.57. The van der Waals surface area contributed by atoms with Gasteiger partial charge in [0.25, 0.3) is 5.92 Å². The molecule has 1 aromatic carbocycles. The molecule has 0 saturated heterocycles. The van der Waals surface area contributed by atoms with Gasteiger partial charge in [-0.3, -0.25) is 4.90 Å². The molecule has 16 heavy (non-hydrogen) atoms. The first kappa shape index (κ1) is 12.6. The van der Waals surface area contributed by atoms with Crippen LogP contribution in [0.15, 0.2) is 30.3 Å². The van der Waals surface area contributed by atoms with Gasteiger partial charge in [0.1, 0.15) is 0 Å². The second-order valence-electron chi connectivity index (χ2n) is 3.72. The largest absolute Gasteiger partial charge is 0.299 e. The van der Waals surface area contributed by atoms with E-state index in [1.54, 1.807) is 25.2 Å². The maximum absolute atomic E-state index is 13.7. The number of nitrogens with zero attached hydrogens (tertiary/aromatic N) is 2. The van der Waals surface area contributed by atoms with E-state index in [0.717, 1.165) is 0 Å². The third kappa shape index (κ3) is 3.59. The lowest BCUT2D eigenvalue weighted by atomic mass is 10.1. The molecule has 0 heterocycles. The SMILES string of the molecule is CN(CCC#N)CC(F)(F)c1ccccc1. The average Bonchev–Trinajstić information content (AvgIpc) is 2.27. The van der Waals surface area contributed by atoms with E-state index in [4.69, 9.17) is 5.26 Å². The molecule has 0 aliphatic rings. The highest BCUT2D eigenvalue weighted by Crippen LogP contribution is 2.28. The van der Waals surface area contributed by atoms with Crippen LogP contribution in [0, 0.1) is 11.3 Å². The summed E-state index contributed by atoms with van der Waals surface area (Å²) in [6.45, 7) is -0.00236. The van der Waals surface area contributed by atoms with Crippen LogP contribution in [0.3, 0.4) is 0 Å². The maximum Gasteiger partial charge on any atom is 0.285 e. The molecule has 0 amide bonds. The fraction of sp³-hybridized carbons (Fsp3) is 0.417. The van der Waals surface area contributed by atoms with Crippen molar-refractivity contribution in [2.24, 2.45) is 0 Å². The van der Waals surface area contributed by atoms with E-state index in [2.05, 4.69) is 0 Å². The van der Waals surface area contributed by atoms with Crippen molar-refractivity contribution < 1.29 is 8.78 Å². The third-order valence-corrected chi connectivity index (χ3v) is 2.27. The highest BCUT2D eigenvalue weighted by Gasteiger charge is 2.32. The lowest BCUT2D eigenvalue weighted by Gasteiger charge is -2.23. The zero-order chi connectivity index (χ0) is 12.0. The van der Waals surface area contributed by atoms with E-state index in [-0.39, 0.29) is 18.5 Å². The van der Waals surface area contributed by atoms with Gasteiger partial charge in [0.2, 0.25) is 0 Å². The molecule has 0 saturated carbocycles.